The Morgan fingerprint density at radius 1 is 1.13 bits per heavy atom. The Morgan fingerprint density at radius 3 is 2.59 bits per heavy atom. The number of fused-ring (bicyclic) bond motifs is 1. The van der Waals surface area contributed by atoms with Crippen LogP contribution in [0.15, 0.2) is 42.5 Å². The zero-order valence-electron chi connectivity index (χ0n) is 21.7. The van der Waals surface area contributed by atoms with Crippen LogP contribution in [0.4, 0.5) is 5.69 Å². The van der Waals surface area contributed by atoms with E-state index in [0.29, 0.717) is 43.7 Å². The second kappa shape index (κ2) is 11.9. The average molecular weight is 557 g/mol. The van der Waals surface area contributed by atoms with Crippen LogP contribution in [0.5, 0.6) is 0 Å². The number of carbonyl (C=O) groups is 3. The molecule has 10 nitrogen and oxygen atoms in total. The molecule has 3 aliphatic rings. The fraction of sp³-hybridized carbons (Fsp3) is 0.464. The van der Waals surface area contributed by atoms with Crippen LogP contribution in [0.3, 0.4) is 0 Å². The Hall–Kier alpha value is -3.18. The number of rotatable bonds is 7. The number of nitrogens with one attached hydrogen (secondary N) is 2. The molecule has 4 atom stereocenters. The van der Waals surface area contributed by atoms with Crippen LogP contribution < -0.4 is 16.4 Å². The van der Waals surface area contributed by atoms with Crippen molar-refractivity contribution in [3.05, 3.63) is 64.2 Å². The van der Waals surface area contributed by atoms with Crippen molar-refractivity contribution in [2.45, 2.75) is 69.5 Å². The number of amides is 3. The fourth-order valence-corrected chi connectivity index (χ4v) is 5.58. The van der Waals surface area contributed by atoms with Crippen LogP contribution in [-0.4, -0.2) is 66.3 Å². The van der Waals surface area contributed by atoms with Gasteiger partial charge in [0.2, 0.25) is 18.1 Å². The minimum absolute atomic E-state index is 0.0709. The number of halogens is 1. The molecule has 2 heterocycles. The monoisotopic (exact) mass is 556 g/mol. The highest BCUT2D eigenvalue weighted by Gasteiger charge is 2.40. The normalized spacial score (nSPS) is 23.7. The number of ether oxygens (including phenoxy) is 1. The van der Waals surface area contributed by atoms with Gasteiger partial charge in [-0.05, 0) is 68.4 Å². The molecular formula is C28H33ClN4O6. The van der Waals surface area contributed by atoms with Gasteiger partial charge in [-0.3, -0.25) is 14.4 Å². The lowest BCUT2D eigenvalue weighted by molar-refractivity contribution is -0.410. The summed E-state index contributed by atoms with van der Waals surface area (Å²) in [4.78, 5) is 51.4. The lowest BCUT2D eigenvalue weighted by Gasteiger charge is -2.34. The second-order valence-electron chi connectivity index (χ2n) is 10.2. The summed E-state index contributed by atoms with van der Waals surface area (Å²) >= 11 is 6.02. The van der Waals surface area contributed by atoms with Crippen LogP contribution >= 0.6 is 11.6 Å². The molecule has 3 amide bonds. The lowest BCUT2D eigenvalue weighted by Crippen LogP contribution is -2.56. The molecule has 1 aliphatic carbocycles. The molecule has 2 unspecified atom stereocenters. The van der Waals surface area contributed by atoms with Gasteiger partial charge in [-0.25, -0.2) is 9.78 Å². The minimum Gasteiger partial charge on any atom is -0.398 e. The van der Waals surface area contributed by atoms with Crippen molar-refractivity contribution < 1.29 is 28.9 Å². The highest BCUT2D eigenvalue weighted by molar-refractivity contribution is 6.33. The Labute approximate surface area is 232 Å². The molecule has 2 aromatic rings. The smallest absolute Gasteiger partial charge is 0.251 e. The SMILES string of the molecule is C[C@H](NC(=O)c1ccc(N)c(Cl)c1)C(=O)N1CCC[C@H]1C(=O)NC1CCOOC1OC1Cc2ccccc2C1. The van der Waals surface area contributed by atoms with E-state index in [1.54, 1.807) is 13.0 Å². The summed E-state index contributed by atoms with van der Waals surface area (Å²) < 4.78 is 6.22. The van der Waals surface area contributed by atoms with Crippen molar-refractivity contribution in [3.8, 4) is 0 Å². The second-order valence-corrected chi connectivity index (χ2v) is 10.7. The van der Waals surface area contributed by atoms with Gasteiger partial charge in [0.25, 0.3) is 5.91 Å². The summed E-state index contributed by atoms with van der Waals surface area (Å²) in [6.45, 7) is 2.35. The number of anilines is 1. The maximum absolute atomic E-state index is 13.4. The Bertz CT molecular complexity index is 1220. The van der Waals surface area contributed by atoms with Crippen molar-refractivity contribution in [2.75, 3.05) is 18.9 Å². The van der Waals surface area contributed by atoms with E-state index in [0.717, 1.165) is 12.8 Å². The first-order chi connectivity index (χ1) is 18.8. The largest absolute Gasteiger partial charge is 0.398 e. The van der Waals surface area contributed by atoms with Crippen LogP contribution in [0, 0.1) is 0 Å². The predicted octanol–water partition coefficient (Wildman–Crippen LogP) is 2.38. The van der Waals surface area contributed by atoms with E-state index in [-0.39, 0.29) is 22.9 Å². The number of hydrogen-bond donors (Lipinski definition) is 3. The van der Waals surface area contributed by atoms with Gasteiger partial charge in [-0.1, -0.05) is 35.9 Å². The summed E-state index contributed by atoms with van der Waals surface area (Å²) in [5.41, 5.74) is 8.87. The first-order valence-corrected chi connectivity index (χ1v) is 13.6. The van der Waals surface area contributed by atoms with Crippen molar-refractivity contribution >= 4 is 35.0 Å². The number of benzene rings is 2. The van der Waals surface area contributed by atoms with Crippen molar-refractivity contribution in [3.63, 3.8) is 0 Å². The van der Waals surface area contributed by atoms with E-state index in [4.69, 9.17) is 31.8 Å². The Morgan fingerprint density at radius 2 is 1.87 bits per heavy atom. The van der Waals surface area contributed by atoms with Crippen LogP contribution in [0.25, 0.3) is 0 Å². The number of likely N-dealkylation sites (tertiary alicyclic amines) is 1. The number of hydrogen-bond acceptors (Lipinski definition) is 7. The van der Waals surface area contributed by atoms with Gasteiger partial charge in [0.15, 0.2) is 0 Å². The summed E-state index contributed by atoms with van der Waals surface area (Å²) in [5.74, 6) is -1.06. The summed E-state index contributed by atoms with van der Waals surface area (Å²) in [7, 11) is 0. The molecule has 208 valence electrons. The molecular weight excluding hydrogens is 524 g/mol. The Balaban J connectivity index is 1.17. The zero-order valence-corrected chi connectivity index (χ0v) is 22.5. The van der Waals surface area contributed by atoms with E-state index in [1.165, 1.54) is 28.2 Å². The summed E-state index contributed by atoms with van der Waals surface area (Å²) in [5, 5.41) is 5.99. The third-order valence-electron chi connectivity index (χ3n) is 7.49. The first kappa shape index (κ1) is 27.4. The van der Waals surface area contributed by atoms with Crippen molar-refractivity contribution in [1.29, 1.82) is 0 Å². The van der Waals surface area contributed by atoms with E-state index in [9.17, 15) is 14.4 Å². The lowest BCUT2D eigenvalue weighted by atomic mass is 10.1. The average Bonchev–Trinajstić information content (AvgIpc) is 3.58. The van der Waals surface area contributed by atoms with E-state index in [2.05, 4.69) is 22.8 Å². The number of nitrogens with two attached hydrogens (primary N) is 1. The first-order valence-electron chi connectivity index (χ1n) is 13.3. The molecule has 0 bridgehead atoms. The number of nitrogen functional groups attached to an aromatic ring is 1. The van der Waals surface area contributed by atoms with Crippen molar-refractivity contribution in [2.24, 2.45) is 0 Å². The predicted molar refractivity (Wildman–Crippen MR) is 144 cm³/mol. The fourth-order valence-electron chi connectivity index (χ4n) is 5.40. The summed E-state index contributed by atoms with van der Waals surface area (Å²) in [6.07, 6.45) is 2.45. The highest BCUT2D eigenvalue weighted by Crippen LogP contribution is 2.27. The van der Waals surface area contributed by atoms with E-state index >= 15 is 0 Å². The van der Waals surface area contributed by atoms with Gasteiger partial charge in [0.05, 0.1) is 29.5 Å². The third kappa shape index (κ3) is 6.19. The highest BCUT2D eigenvalue weighted by atomic mass is 35.5. The van der Waals surface area contributed by atoms with Gasteiger partial charge in [0, 0.05) is 12.1 Å². The maximum atomic E-state index is 13.4. The quantitative estimate of drug-likeness (QED) is 0.352. The van der Waals surface area contributed by atoms with E-state index in [1.807, 2.05) is 12.1 Å². The molecule has 2 saturated heterocycles. The summed E-state index contributed by atoms with van der Waals surface area (Å²) in [6, 6.07) is 10.8. The molecule has 0 radical (unpaired) electrons. The molecule has 5 rings (SSSR count). The number of carbonyl (C=O) groups excluding carboxylic acids is 3. The topological polar surface area (TPSA) is 132 Å². The van der Waals surface area contributed by atoms with Crippen LogP contribution in [0.2, 0.25) is 5.02 Å². The molecule has 2 fully saturated rings. The standard InChI is InChI=1S/C28H33ClN4O6/c1-16(31-25(34)19-8-9-22(30)21(29)15-19)27(36)33-11-4-7-24(33)26(35)32-23-10-12-37-39-28(23)38-20-13-17-5-2-3-6-18(17)14-20/h2-3,5-6,8-9,15-16,20,23-24,28H,4,7,10-14,30H2,1H3,(H,31,34)(H,32,35)/t16-,23?,24-,28?/m0/s1. The van der Waals surface area contributed by atoms with Gasteiger partial charge in [-0.15, -0.1) is 0 Å². The third-order valence-corrected chi connectivity index (χ3v) is 7.82. The van der Waals surface area contributed by atoms with Crippen LogP contribution in [0.1, 0.15) is 47.7 Å². The van der Waals surface area contributed by atoms with Gasteiger partial charge < -0.3 is 26.0 Å². The molecule has 4 N–H and O–H groups in total. The zero-order chi connectivity index (χ0) is 27.5. The molecule has 2 aliphatic heterocycles. The molecule has 0 spiro atoms. The number of nitrogens with zero attached hydrogens (tertiary/aromatic N) is 1. The molecule has 39 heavy (non-hydrogen) atoms. The minimum atomic E-state index is -0.839. The molecule has 11 heteroatoms. The maximum Gasteiger partial charge on any atom is 0.251 e. The van der Waals surface area contributed by atoms with Gasteiger partial charge in [-0.2, -0.15) is 0 Å². The molecule has 0 saturated carbocycles. The van der Waals surface area contributed by atoms with E-state index < -0.39 is 30.3 Å². The van der Waals surface area contributed by atoms with Crippen LogP contribution in [-0.2, 0) is 36.9 Å². The Kier molecular flexibility index (Phi) is 8.37. The van der Waals surface area contributed by atoms with Gasteiger partial charge in [0.1, 0.15) is 12.1 Å². The van der Waals surface area contributed by atoms with Gasteiger partial charge >= 0.3 is 0 Å². The molecule has 0 aromatic heterocycles. The van der Waals surface area contributed by atoms with Crippen molar-refractivity contribution in [1.82, 2.24) is 15.5 Å². The molecule has 2 aromatic carbocycles.